The van der Waals surface area contributed by atoms with Crippen molar-refractivity contribution in [3.8, 4) is 5.75 Å². The van der Waals surface area contributed by atoms with Crippen molar-refractivity contribution >= 4 is 17.4 Å². The second-order valence-electron chi connectivity index (χ2n) is 4.00. The Morgan fingerprint density at radius 3 is 2.45 bits per heavy atom. The van der Waals surface area contributed by atoms with Crippen LogP contribution in [0.25, 0.3) is 0 Å². The first kappa shape index (κ1) is 14.6. The van der Waals surface area contributed by atoms with Gasteiger partial charge in [-0.05, 0) is 30.3 Å². The molecular formula is C14H12F3NOS. The van der Waals surface area contributed by atoms with E-state index in [1.54, 1.807) is 30.3 Å². The molecule has 2 aromatic rings. The minimum Gasteiger partial charge on any atom is -0.505 e. The molecule has 0 atom stereocenters. The predicted octanol–water partition coefficient (Wildman–Crippen LogP) is 4.46. The highest BCUT2D eigenvalue weighted by Crippen LogP contribution is 2.27. The number of phenolic OH excluding ortho intramolecular Hbond substituents is 1. The zero-order valence-electron chi connectivity index (χ0n) is 10.3. The molecular weight excluding hydrogens is 287 g/mol. The summed E-state index contributed by atoms with van der Waals surface area (Å²) >= 11 is 0.475. The Kier molecular flexibility index (Phi) is 4.79. The summed E-state index contributed by atoms with van der Waals surface area (Å²) in [6.07, 6.45) is 0. The van der Waals surface area contributed by atoms with Crippen LogP contribution >= 0.6 is 11.8 Å². The molecule has 0 bridgehead atoms. The zero-order chi connectivity index (χ0) is 14.5. The highest BCUT2D eigenvalue weighted by molar-refractivity contribution is 7.99. The van der Waals surface area contributed by atoms with Crippen LogP contribution in [0.1, 0.15) is 5.56 Å². The van der Waals surface area contributed by atoms with Crippen molar-refractivity contribution in [3.05, 3.63) is 53.8 Å². The van der Waals surface area contributed by atoms with E-state index in [2.05, 4.69) is 5.32 Å². The molecule has 0 saturated heterocycles. The van der Waals surface area contributed by atoms with Crippen molar-refractivity contribution in [3.63, 3.8) is 0 Å². The molecule has 0 heterocycles. The Bertz CT molecular complexity index is 575. The van der Waals surface area contributed by atoms with E-state index in [4.69, 9.17) is 0 Å². The Morgan fingerprint density at radius 2 is 1.80 bits per heavy atom. The van der Waals surface area contributed by atoms with Crippen molar-refractivity contribution in [1.29, 1.82) is 0 Å². The summed E-state index contributed by atoms with van der Waals surface area (Å²) in [5.41, 5.74) is 1.13. The van der Waals surface area contributed by atoms with Crippen LogP contribution in [-0.2, 0) is 6.54 Å². The highest BCUT2D eigenvalue weighted by atomic mass is 32.2. The molecule has 0 radical (unpaired) electrons. The molecule has 2 rings (SSSR count). The Hall–Kier alpha value is -1.82. The third-order valence-corrected chi connectivity index (χ3v) is 3.36. The molecule has 6 heteroatoms. The molecule has 0 spiro atoms. The average Bonchev–Trinajstić information content (AvgIpc) is 2.41. The van der Waals surface area contributed by atoms with Gasteiger partial charge < -0.3 is 10.4 Å². The smallest absolute Gasteiger partial charge is 0.288 e. The maximum Gasteiger partial charge on any atom is 0.288 e. The minimum atomic E-state index is -2.45. The first-order valence-electron chi connectivity index (χ1n) is 5.81. The van der Waals surface area contributed by atoms with Gasteiger partial charge in [-0.2, -0.15) is 8.78 Å². The van der Waals surface area contributed by atoms with E-state index in [1.165, 1.54) is 12.1 Å². The largest absolute Gasteiger partial charge is 0.505 e. The van der Waals surface area contributed by atoms with Crippen molar-refractivity contribution in [2.75, 3.05) is 5.32 Å². The van der Waals surface area contributed by atoms with Gasteiger partial charge in [0.15, 0.2) is 11.6 Å². The molecule has 20 heavy (non-hydrogen) atoms. The quantitative estimate of drug-likeness (QED) is 0.800. The summed E-state index contributed by atoms with van der Waals surface area (Å²) in [5, 5.41) is 12.5. The lowest BCUT2D eigenvalue weighted by Gasteiger charge is -2.09. The topological polar surface area (TPSA) is 32.3 Å². The number of thioether (sulfide) groups is 1. The summed E-state index contributed by atoms with van der Waals surface area (Å²) < 4.78 is 37.4. The third-order valence-electron chi connectivity index (χ3n) is 2.63. The molecule has 0 aromatic heterocycles. The molecule has 0 amide bonds. The number of benzene rings is 2. The zero-order valence-corrected chi connectivity index (χ0v) is 11.1. The molecule has 2 nitrogen and oxygen atoms in total. The van der Waals surface area contributed by atoms with E-state index in [1.807, 2.05) is 0 Å². The normalized spacial score (nSPS) is 10.8. The number of halogens is 3. The molecule has 0 saturated carbocycles. The van der Waals surface area contributed by atoms with Gasteiger partial charge in [0.25, 0.3) is 5.76 Å². The van der Waals surface area contributed by atoms with Gasteiger partial charge in [0.05, 0.1) is 0 Å². The van der Waals surface area contributed by atoms with Gasteiger partial charge in [-0.1, -0.05) is 23.9 Å². The van der Waals surface area contributed by atoms with Crippen LogP contribution in [0.15, 0.2) is 47.4 Å². The Morgan fingerprint density at radius 1 is 1.10 bits per heavy atom. The molecule has 0 aliphatic carbocycles. The highest BCUT2D eigenvalue weighted by Gasteiger charge is 2.07. The molecule has 2 aromatic carbocycles. The second-order valence-corrected chi connectivity index (χ2v) is 5.07. The SMILES string of the molecule is Oc1c(F)cccc1CNc1ccc(SC(F)F)cc1. The van der Waals surface area contributed by atoms with Crippen molar-refractivity contribution in [2.24, 2.45) is 0 Å². The number of rotatable bonds is 5. The van der Waals surface area contributed by atoms with Crippen LogP contribution in [0.5, 0.6) is 5.75 Å². The lowest BCUT2D eigenvalue weighted by Crippen LogP contribution is -2.00. The summed E-state index contributed by atoms with van der Waals surface area (Å²) in [6, 6.07) is 10.7. The lowest BCUT2D eigenvalue weighted by atomic mass is 10.2. The molecule has 106 valence electrons. The number of para-hydroxylation sites is 1. The number of nitrogens with one attached hydrogen (secondary N) is 1. The second kappa shape index (κ2) is 6.56. The monoisotopic (exact) mass is 299 g/mol. The fraction of sp³-hybridized carbons (Fsp3) is 0.143. The number of phenols is 1. The van der Waals surface area contributed by atoms with E-state index >= 15 is 0 Å². The van der Waals surface area contributed by atoms with Crippen LogP contribution in [0.2, 0.25) is 0 Å². The number of alkyl halides is 2. The van der Waals surface area contributed by atoms with E-state index in [9.17, 15) is 18.3 Å². The average molecular weight is 299 g/mol. The van der Waals surface area contributed by atoms with Crippen LogP contribution in [-0.4, -0.2) is 10.9 Å². The predicted molar refractivity (Wildman–Crippen MR) is 73.7 cm³/mol. The number of anilines is 1. The van der Waals surface area contributed by atoms with Gasteiger partial charge in [0.2, 0.25) is 0 Å². The van der Waals surface area contributed by atoms with Crippen LogP contribution in [0.3, 0.4) is 0 Å². The summed E-state index contributed by atoms with van der Waals surface area (Å²) in [5.74, 6) is -3.50. The van der Waals surface area contributed by atoms with E-state index in [0.29, 0.717) is 27.9 Å². The van der Waals surface area contributed by atoms with E-state index < -0.39 is 11.6 Å². The molecule has 2 N–H and O–H groups in total. The van der Waals surface area contributed by atoms with E-state index in [-0.39, 0.29) is 12.3 Å². The molecule has 0 aliphatic rings. The summed E-state index contributed by atoms with van der Waals surface area (Å²) in [6.45, 7) is 0.241. The van der Waals surface area contributed by atoms with Gasteiger partial charge in [0, 0.05) is 22.7 Å². The fourth-order valence-electron chi connectivity index (χ4n) is 1.65. The lowest BCUT2D eigenvalue weighted by molar-refractivity contribution is 0.252. The van der Waals surface area contributed by atoms with Gasteiger partial charge in [-0.3, -0.25) is 0 Å². The standard InChI is InChI=1S/C14H12F3NOS/c15-12-3-1-2-9(13(12)19)8-18-10-4-6-11(7-5-10)20-14(16)17/h1-7,14,18-19H,8H2. The van der Waals surface area contributed by atoms with Gasteiger partial charge >= 0.3 is 0 Å². The molecule has 0 aliphatic heterocycles. The third kappa shape index (κ3) is 3.84. The summed E-state index contributed by atoms with van der Waals surface area (Å²) in [7, 11) is 0. The molecule has 0 fully saturated rings. The Balaban J connectivity index is 1.99. The van der Waals surface area contributed by atoms with Gasteiger partial charge in [-0.25, -0.2) is 4.39 Å². The van der Waals surface area contributed by atoms with Crippen LogP contribution in [0.4, 0.5) is 18.9 Å². The van der Waals surface area contributed by atoms with E-state index in [0.717, 1.165) is 0 Å². The van der Waals surface area contributed by atoms with Crippen molar-refractivity contribution in [2.45, 2.75) is 17.2 Å². The van der Waals surface area contributed by atoms with Gasteiger partial charge in [-0.15, -0.1) is 0 Å². The van der Waals surface area contributed by atoms with Gasteiger partial charge in [0.1, 0.15) is 0 Å². The summed E-state index contributed by atoms with van der Waals surface area (Å²) in [4.78, 5) is 0.471. The Labute approximate surface area is 118 Å². The number of aromatic hydroxyl groups is 1. The van der Waals surface area contributed by atoms with Crippen LogP contribution < -0.4 is 5.32 Å². The van der Waals surface area contributed by atoms with Crippen molar-refractivity contribution < 1.29 is 18.3 Å². The number of hydrogen-bond acceptors (Lipinski definition) is 3. The maximum atomic E-state index is 13.1. The maximum absolute atomic E-state index is 13.1. The first-order valence-corrected chi connectivity index (χ1v) is 6.69. The van der Waals surface area contributed by atoms with Crippen molar-refractivity contribution in [1.82, 2.24) is 0 Å². The molecule has 0 unspecified atom stereocenters. The fourth-order valence-corrected chi connectivity index (χ4v) is 2.15. The van der Waals surface area contributed by atoms with Crippen LogP contribution in [0, 0.1) is 5.82 Å². The first-order chi connectivity index (χ1) is 9.56. The number of hydrogen-bond donors (Lipinski definition) is 2. The minimum absolute atomic E-state index is 0.241.